The third kappa shape index (κ3) is 1.46. The van der Waals surface area contributed by atoms with Crippen molar-refractivity contribution in [3.63, 3.8) is 0 Å². The van der Waals surface area contributed by atoms with Gasteiger partial charge in [-0.2, -0.15) is 0 Å². The van der Waals surface area contributed by atoms with E-state index in [9.17, 15) is 4.79 Å². The van der Waals surface area contributed by atoms with E-state index in [2.05, 4.69) is 10.1 Å². The molecule has 3 aromatic rings. The molecule has 0 radical (unpaired) electrons. The number of imidazole rings is 1. The van der Waals surface area contributed by atoms with Gasteiger partial charge in [-0.1, -0.05) is 11.2 Å². The van der Waals surface area contributed by atoms with E-state index in [4.69, 9.17) is 9.63 Å². The van der Waals surface area contributed by atoms with Gasteiger partial charge < -0.3 is 14.0 Å². The second kappa shape index (κ2) is 3.69. The first-order chi connectivity index (χ1) is 8.66. The first-order valence-electron chi connectivity index (χ1n) is 5.30. The number of rotatable bonds is 2. The van der Waals surface area contributed by atoms with Gasteiger partial charge in [0, 0.05) is 18.0 Å². The molecule has 0 atom stereocenters. The Labute approximate surface area is 101 Å². The van der Waals surface area contributed by atoms with Gasteiger partial charge in [-0.25, -0.2) is 9.78 Å². The smallest absolute Gasteiger partial charge is 0.375 e. The Morgan fingerprint density at radius 1 is 1.44 bits per heavy atom. The highest BCUT2D eigenvalue weighted by Gasteiger charge is 2.20. The summed E-state index contributed by atoms with van der Waals surface area (Å²) in [5.41, 5.74) is 2.30. The Kier molecular flexibility index (Phi) is 2.16. The van der Waals surface area contributed by atoms with Crippen molar-refractivity contribution in [2.45, 2.75) is 6.92 Å². The zero-order valence-corrected chi connectivity index (χ0v) is 9.49. The highest BCUT2D eigenvalue weighted by Crippen LogP contribution is 2.24. The fraction of sp³-hybridized carbons (Fsp3) is 0.0833. The number of nitrogens with zero attached hydrogens (tertiary/aromatic N) is 3. The molecule has 0 spiro atoms. The molecule has 0 unspecified atom stereocenters. The molecule has 0 saturated carbocycles. The number of hydrogen-bond donors (Lipinski definition) is 1. The highest BCUT2D eigenvalue weighted by molar-refractivity contribution is 5.88. The van der Waals surface area contributed by atoms with Crippen molar-refractivity contribution in [3.8, 4) is 11.4 Å². The fourth-order valence-electron chi connectivity index (χ4n) is 1.82. The van der Waals surface area contributed by atoms with Gasteiger partial charge in [-0.3, -0.25) is 0 Å². The maximum atomic E-state index is 10.9. The molecule has 90 valence electrons. The topological polar surface area (TPSA) is 80.6 Å². The van der Waals surface area contributed by atoms with Crippen molar-refractivity contribution in [1.29, 1.82) is 0 Å². The maximum absolute atomic E-state index is 10.9. The van der Waals surface area contributed by atoms with E-state index in [-0.39, 0.29) is 5.76 Å². The summed E-state index contributed by atoms with van der Waals surface area (Å²) in [6.45, 7) is 1.65. The molecule has 0 bridgehead atoms. The molecule has 0 fully saturated rings. The highest BCUT2D eigenvalue weighted by atomic mass is 16.5. The summed E-state index contributed by atoms with van der Waals surface area (Å²) in [6, 6.07) is 5.62. The Morgan fingerprint density at radius 2 is 2.28 bits per heavy atom. The van der Waals surface area contributed by atoms with Crippen LogP contribution in [0.2, 0.25) is 0 Å². The van der Waals surface area contributed by atoms with Gasteiger partial charge in [-0.15, -0.1) is 0 Å². The van der Waals surface area contributed by atoms with Gasteiger partial charge in [-0.05, 0) is 19.1 Å². The predicted molar refractivity (Wildman–Crippen MR) is 62.4 cm³/mol. The molecule has 0 saturated heterocycles. The SMILES string of the molecule is Cc1c(-c2cn3ccccc3n2)noc1C(=O)O. The standard InChI is InChI=1S/C12H9N3O3/c1-7-10(14-18-11(7)12(16)17)8-6-15-5-3-2-4-9(15)13-8/h2-6H,1H3,(H,16,17). The molecule has 1 N–H and O–H groups in total. The lowest BCUT2D eigenvalue weighted by atomic mass is 10.2. The van der Waals surface area contributed by atoms with E-state index >= 15 is 0 Å². The van der Waals surface area contributed by atoms with E-state index < -0.39 is 5.97 Å². The monoisotopic (exact) mass is 243 g/mol. The van der Waals surface area contributed by atoms with Gasteiger partial charge in [0.15, 0.2) is 0 Å². The minimum atomic E-state index is -1.13. The number of carboxylic acids is 1. The minimum absolute atomic E-state index is 0.151. The Hall–Kier alpha value is -2.63. The van der Waals surface area contributed by atoms with Gasteiger partial charge >= 0.3 is 5.97 Å². The normalized spacial score (nSPS) is 10.9. The lowest BCUT2D eigenvalue weighted by Gasteiger charge is -1.89. The summed E-state index contributed by atoms with van der Waals surface area (Å²) in [5.74, 6) is -1.28. The average molecular weight is 243 g/mol. The van der Waals surface area contributed by atoms with Gasteiger partial charge in [0.1, 0.15) is 17.0 Å². The zero-order valence-electron chi connectivity index (χ0n) is 9.49. The van der Waals surface area contributed by atoms with Crippen molar-refractivity contribution >= 4 is 11.6 Å². The molecule has 0 aliphatic carbocycles. The van der Waals surface area contributed by atoms with E-state index in [1.807, 2.05) is 28.8 Å². The van der Waals surface area contributed by atoms with Gasteiger partial charge in [0.25, 0.3) is 0 Å². The average Bonchev–Trinajstić information content (AvgIpc) is 2.91. The largest absolute Gasteiger partial charge is 0.475 e. The molecule has 0 amide bonds. The third-order valence-electron chi connectivity index (χ3n) is 2.72. The molecule has 6 nitrogen and oxygen atoms in total. The summed E-state index contributed by atoms with van der Waals surface area (Å²) < 4.78 is 6.65. The molecule has 0 aromatic carbocycles. The van der Waals surface area contributed by atoms with E-state index in [0.29, 0.717) is 17.0 Å². The second-order valence-electron chi connectivity index (χ2n) is 3.88. The second-order valence-corrected chi connectivity index (χ2v) is 3.88. The first kappa shape index (κ1) is 10.5. The summed E-state index contributed by atoms with van der Waals surface area (Å²) in [6.07, 6.45) is 3.64. The number of carboxylic acid groups (broad SMARTS) is 1. The number of fused-ring (bicyclic) bond motifs is 1. The van der Waals surface area contributed by atoms with E-state index in [0.717, 1.165) is 5.65 Å². The van der Waals surface area contributed by atoms with Crippen LogP contribution in [0.5, 0.6) is 0 Å². The van der Waals surface area contributed by atoms with Crippen LogP contribution in [-0.4, -0.2) is 25.6 Å². The fourth-order valence-corrected chi connectivity index (χ4v) is 1.82. The van der Waals surface area contributed by atoms with Crippen LogP contribution in [0.15, 0.2) is 35.1 Å². The van der Waals surface area contributed by atoms with Crippen LogP contribution < -0.4 is 0 Å². The Balaban J connectivity index is 2.17. The zero-order chi connectivity index (χ0) is 12.7. The molecule has 18 heavy (non-hydrogen) atoms. The van der Waals surface area contributed by atoms with Crippen LogP contribution in [0, 0.1) is 6.92 Å². The van der Waals surface area contributed by atoms with Crippen LogP contribution >= 0.6 is 0 Å². The number of carbonyl (C=O) groups is 1. The van der Waals surface area contributed by atoms with E-state index in [1.165, 1.54) is 0 Å². The van der Waals surface area contributed by atoms with Gasteiger partial charge in [0.2, 0.25) is 5.76 Å². The van der Waals surface area contributed by atoms with Crippen LogP contribution in [0.1, 0.15) is 16.1 Å². The Morgan fingerprint density at radius 3 is 2.94 bits per heavy atom. The summed E-state index contributed by atoms with van der Waals surface area (Å²) in [4.78, 5) is 15.2. The van der Waals surface area contributed by atoms with Crippen molar-refractivity contribution < 1.29 is 14.4 Å². The maximum Gasteiger partial charge on any atom is 0.375 e. The number of aromatic carboxylic acids is 1. The quantitative estimate of drug-likeness (QED) is 0.744. The van der Waals surface area contributed by atoms with Crippen molar-refractivity contribution in [2.24, 2.45) is 0 Å². The van der Waals surface area contributed by atoms with Gasteiger partial charge in [0.05, 0.1) is 0 Å². The molecule has 3 heterocycles. The number of pyridine rings is 1. The lowest BCUT2D eigenvalue weighted by molar-refractivity contribution is 0.0651. The van der Waals surface area contributed by atoms with Crippen LogP contribution in [0.25, 0.3) is 17.0 Å². The minimum Gasteiger partial charge on any atom is -0.475 e. The summed E-state index contributed by atoms with van der Waals surface area (Å²) >= 11 is 0. The van der Waals surface area contributed by atoms with Crippen LogP contribution in [0.4, 0.5) is 0 Å². The van der Waals surface area contributed by atoms with Crippen LogP contribution in [0.3, 0.4) is 0 Å². The van der Waals surface area contributed by atoms with Crippen molar-refractivity contribution in [3.05, 3.63) is 41.9 Å². The van der Waals surface area contributed by atoms with Crippen LogP contribution in [-0.2, 0) is 0 Å². The van der Waals surface area contributed by atoms with E-state index in [1.54, 1.807) is 13.1 Å². The lowest BCUT2D eigenvalue weighted by Crippen LogP contribution is -1.95. The Bertz CT molecular complexity index is 709. The number of hydrogen-bond acceptors (Lipinski definition) is 4. The summed E-state index contributed by atoms with van der Waals surface area (Å²) in [5, 5.41) is 12.7. The molecule has 3 aromatic heterocycles. The molecule has 0 aliphatic heterocycles. The molecular weight excluding hydrogens is 234 g/mol. The first-order valence-corrected chi connectivity index (χ1v) is 5.30. The van der Waals surface area contributed by atoms with Crippen molar-refractivity contribution in [1.82, 2.24) is 14.5 Å². The molecular formula is C12H9N3O3. The number of aromatic nitrogens is 3. The molecule has 0 aliphatic rings. The third-order valence-corrected chi connectivity index (χ3v) is 2.72. The molecule has 6 heteroatoms. The van der Waals surface area contributed by atoms with Crippen molar-refractivity contribution in [2.75, 3.05) is 0 Å². The predicted octanol–water partition coefficient (Wildman–Crippen LogP) is 2.00. The molecule has 3 rings (SSSR count). The summed E-state index contributed by atoms with van der Waals surface area (Å²) in [7, 11) is 0.